The van der Waals surface area contributed by atoms with Crippen molar-refractivity contribution in [3.05, 3.63) is 47.7 Å². The molecule has 0 spiro atoms. The molecule has 4 heteroatoms. The third-order valence-electron chi connectivity index (χ3n) is 2.97. The standard InChI is InChI=1S/C17H20ClNO2/c1-4-20-14-6-5-7-15(10-14)21-17-9-13(11-18)8-16(19-17)12(2)3/h5-10,12H,4,11H2,1-3H3. The second kappa shape index (κ2) is 7.32. The van der Waals surface area contributed by atoms with Crippen molar-refractivity contribution in [3.8, 4) is 17.4 Å². The molecule has 0 fully saturated rings. The van der Waals surface area contributed by atoms with Gasteiger partial charge in [-0.1, -0.05) is 19.9 Å². The Hall–Kier alpha value is -1.74. The summed E-state index contributed by atoms with van der Waals surface area (Å²) in [6.07, 6.45) is 0. The number of ether oxygens (including phenoxy) is 2. The Kier molecular flexibility index (Phi) is 5.45. The molecule has 2 rings (SSSR count). The zero-order chi connectivity index (χ0) is 15.2. The Morgan fingerprint density at radius 1 is 1.14 bits per heavy atom. The molecular formula is C17H20ClNO2. The minimum Gasteiger partial charge on any atom is -0.494 e. The number of benzene rings is 1. The lowest BCUT2D eigenvalue weighted by Crippen LogP contribution is -1.98. The predicted octanol–water partition coefficient (Wildman–Crippen LogP) is 5.13. The summed E-state index contributed by atoms with van der Waals surface area (Å²) in [5.41, 5.74) is 1.98. The molecule has 1 heterocycles. The maximum absolute atomic E-state index is 5.94. The van der Waals surface area contributed by atoms with E-state index in [1.54, 1.807) is 0 Å². The largest absolute Gasteiger partial charge is 0.494 e. The first-order chi connectivity index (χ1) is 10.1. The van der Waals surface area contributed by atoms with Crippen molar-refractivity contribution in [2.24, 2.45) is 0 Å². The van der Waals surface area contributed by atoms with Crippen molar-refractivity contribution in [3.63, 3.8) is 0 Å². The highest BCUT2D eigenvalue weighted by molar-refractivity contribution is 6.17. The van der Waals surface area contributed by atoms with E-state index in [-0.39, 0.29) is 0 Å². The molecule has 0 aliphatic carbocycles. The molecule has 0 saturated carbocycles. The number of hydrogen-bond donors (Lipinski definition) is 0. The molecule has 2 aromatic rings. The first kappa shape index (κ1) is 15.6. The van der Waals surface area contributed by atoms with Crippen molar-refractivity contribution < 1.29 is 9.47 Å². The van der Waals surface area contributed by atoms with E-state index in [4.69, 9.17) is 21.1 Å². The molecule has 1 aromatic carbocycles. The Bertz CT molecular complexity index is 599. The molecule has 0 aliphatic rings. The zero-order valence-corrected chi connectivity index (χ0v) is 13.4. The van der Waals surface area contributed by atoms with Crippen LogP contribution in [0.4, 0.5) is 0 Å². The molecule has 3 nitrogen and oxygen atoms in total. The van der Waals surface area contributed by atoms with Crippen molar-refractivity contribution >= 4 is 11.6 Å². The third-order valence-corrected chi connectivity index (χ3v) is 3.27. The quantitative estimate of drug-likeness (QED) is 0.693. The molecule has 0 atom stereocenters. The van der Waals surface area contributed by atoms with Gasteiger partial charge in [-0.25, -0.2) is 4.98 Å². The molecule has 0 saturated heterocycles. The van der Waals surface area contributed by atoms with Crippen LogP contribution in [0.15, 0.2) is 36.4 Å². The smallest absolute Gasteiger partial charge is 0.219 e. The van der Waals surface area contributed by atoms with Crippen LogP contribution in [0.5, 0.6) is 17.4 Å². The van der Waals surface area contributed by atoms with Crippen LogP contribution in [0.2, 0.25) is 0 Å². The second-order valence-electron chi connectivity index (χ2n) is 5.04. The van der Waals surface area contributed by atoms with Crippen molar-refractivity contribution in [2.75, 3.05) is 6.61 Å². The molecule has 0 aliphatic heterocycles. The second-order valence-corrected chi connectivity index (χ2v) is 5.30. The number of alkyl halides is 1. The van der Waals surface area contributed by atoms with E-state index in [0.29, 0.717) is 30.0 Å². The summed E-state index contributed by atoms with van der Waals surface area (Å²) in [7, 11) is 0. The predicted molar refractivity (Wildman–Crippen MR) is 85.6 cm³/mol. The summed E-state index contributed by atoms with van der Waals surface area (Å²) in [5, 5.41) is 0. The minimum atomic E-state index is 0.324. The maximum atomic E-state index is 5.94. The van der Waals surface area contributed by atoms with Gasteiger partial charge in [0.25, 0.3) is 0 Å². The van der Waals surface area contributed by atoms with Crippen molar-refractivity contribution in [2.45, 2.75) is 32.6 Å². The van der Waals surface area contributed by atoms with E-state index < -0.39 is 0 Å². The van der Waals surface area contributed by atoms with E-state index in [2.05, 4.69) is 18.8 Å². The van der Waals surface area contributed by atoms with Gasteiger partial charge in [0.2, 0.25) is 5.88 Å². The molecule has 112 valence electrons. The number of nitrogens with zero attached hydrogens (tertiary/aromatic N) is 1. The van der Waals surface area contributed by atoms with E-state index >= 15 is 0 Å². The van der Waals surface area contributed by atoms with Crippen LogP contribution in [0.1, 0.15) is 37.9 Å². The highest BCUT2D eigenvalue weighted by Crippen LogP contribution is 2.27. The molecule has 21 heavy (non-hydrogen) atoms. The lowest BCUT2D eigenvalue weighted by Gasteiger charge is -2.11. The van der Waals surface area contributed by atoms with Crippen LogP contribution in [-0.2, 0) is 5.88 Å². The van der Waals surface area contributed by atoms with E-state index in [9.17, 15) is 0 Å². The van der Waals surface area contributed by atoms with Gasteiger partial charge in [-0.3, -0.25) is 0 Å². The first-order valence-corrected chi connectivity index (χ1v) is 7.63. The Morgan fingerprint density at radius 3 is 2.57 bits per heavy atom. The SMILES string of the molecule is CCOc1cccc(Oc2cc(CCl)cc(C(C)C)n2)c1. The molecule has 0 radical (unpaired) electrons. The first-order valence-electron chi connectivity index (χ1n) is 7.10. The fraction of sp³-hybridized carbons (Fsp3) is 0.353. The summed E-state index contributed by atoms with van der Waals surface area (Å²) in [6.45, 7) is 6.77. The van der Waals surface area contributed by atoms with Gasteiger partial charge in [0, 0.05) is 23.7 Å². The fourth-order valence-electron chi connectivity index (χ4n) is 1.92. The van der Waals surface area contributed by atoms with Crippen molar-refractivity contribution in [1.29, 1.82) is 0 Å². The summed E-state index contributed by atoms with van der Waals surface area (Å²) >= 11 is 5.94. The molecule has 0 unspecified atom stereocenters. The number of aromatic nitrogens is 1. The van der Waals surface area contributed by atoms with Gasteiger partial charge in [-0.2, -0.15) is 0 Å². The van der Waals surface area contributed by atoms with E-state index in [1.807, 2.05) is 43.3 Å². The number of halogens is 1. The van der Waals surface area contributed by atoms with Crippen LogP contribution in [0.25, 0.3) is 0 Å². The summed E-state index contributed by atoms with van der Waals surface area (Å²) in [5.74, 6) is 2.82. The van der Waals surface area contributed by atoms with Gasteiger partial charge < -0.3 is 9.47 Å². The van der Waals surface area contributed by atoms with Gasteiger partial charge >= 0.3 is 0 Å². The van der Waals surface area contributed by atoms with Crippen LogP contribution < -0.4 is 9.47 Å². The highest BCUT2D eigenvalue weighted by atomic mass is 35.5. The maximum Gasteiger partial charge on any atom is 0.219 e. The van der Waals surface area contributed by atoms with Crippen LogP contribution in [0.3, 0.4) is 0 Å². The molecule has 0 bridgehead atoms. The molecule has 0 amide bonds. The monoisotopic (exact) mass is 305 g/mol. The van der Waals surface area contributed by atoms with E-state index in [0.717, 1.165) is 17.0 Å². The van der Waals surface area contributed by atoms with Crippen molar-refractivity contribution in [1.82, 2.24) is 4.98 Å². The van der Waals surface area contributed by atoms with Crippen LogP contribution in [0, 0.1) is 0 Å². The van der Waals surface area contributed by atoms with Gasteiger partial charge in [0.15, 0.2) is 0 Å². The molecule has 1 aromatic heterocycles. The normalized spacial score (nSPS) is 10.7. The minimum absolute atomic E-state index is 0.324. The average molecular weight is 306 g/mol. The fourth-order valence-corrected chi connectivity index (χ4v) is 2.08. The Morgan fingerprint density at radius 2 is 1.90 bits per heavy atom. The zero-order valence-electron chi connectivity index (χ0n) is 12.6. The summed E-state index contributed by atoms with van der Waals surface area (Å²) in [4.78, 5) is 4.53. The molecule has 0 N–H and O–H groups in total. The lowest BCUT2D eigenvalue weighted by molar-refractivity contribution is 0.338. The Balaban J connectivity index is 2.26. The molecular weight excluding hydrogens is 286 g/mol. The Labute approximate surface area is 130 Å². The highest BCUT2D eigenvalue weighted by Gasteiger charge is 2.08. The van der Waals surface area contributed by atoms with Gasteiger partial charge in [0.05, 0.1) is 6.61 Å². The van der Waals surface area contributed by atoms with Crippen LogP contribution in [-0.4, -0.2) is 11.6 Å². The third kappa shape index (κ3) is 4.36. The van der Waals surface area contributed by atoms with E-state index in [1.165, 1.54) is 0 Å². The average Bonchev–Trinajstić information content (AvgIpc) is 2.47. The topological polar surface area (TPSA) is 31.4 Å². The number of pyridine rings is 1. The summed E-state index contributed by atoms with van der Waals surface area (Å²) < 4.78 is 11.3. The van der Waals surface area contributed by atoms with Gasteiger partial charge in [-0.15, -0.1) is 11.6 Å². The van der Waals surface area contributed by atoms with Gasteiger partial charge in [-0.05, 0) is 36.6 Å². The van der Waals surface area contributed by atoms with Gasteiger partial charge in [0.1, 0.15) is 11.5 Å². The van der Waals surface area contributed by atoms with Crippen LogP contribution >= 0.6 is 11.6 Å². The lowest BCUT2D eigenvalue weighted by atomic mass is 10.1. The number of hydrogen-bond acceptors (Lipinski definition) is 3. The summed E-state index contributed by atoms with van der Waals surface area (Å²) in [6, 6.07) is 11.4. The number of rotatable bonds is 6.